The van der Waals surface area contributed by atoms with Gasteiger partial charge in [0, 0.05) is 6.54 Å². The Morgan fingerprint density at radius 3 is 2.86 bits per heavy atom. The first-order valence-corrected chi connectivity index (χ1v) is 6.42. The van der Waals surface area contributed by atoms with E-state index >= 15 is 0 Å². The van der Waals surface area contributed by atoms with Gasteiger partial charge in [0.1, 0.15) is 5.56 Å². The van der Waals surface area contributed by atoms with Crippen LogP contribution in [0.1, 0.15) is 23.7 Å². The minimum absolute atomic E-state index is 0.168. The van der Waals surface area contributed by atoms with Crippen molar-refractivity contribution in [1.82, 2.24) is 5.32 Å². The summed E-state index contributed by atoms with van der Waals surface area (Å²) in [6.45, 7) is 1.91. The molecule has 1 rings (SSSR count). The number of ether oxygens (including phenoxy) is 2. The summed E-state index contributed by atoms with van der Waals surface area (Å²) in [5.74, 6) is -0.920. The van der Waals surface area contributed by atoms with Gasteiger partial charge in [-0.15, -0.1) is 0 Å². The van der Waals surface area contributed by atoms with Gasteiger partial charge in [-0.2, -0.15) is 5.26 Å². The van der Waals surface area contributed by atoms with Crippen LogP contribution in [0.4, 0.5) is 5.69 Å². The summed E-state index contributed by atoms with van der Waals surface area (Å²) in [4.78, 5) is 23.3. The van der Waals surface area contributed by atoms with E-state index in [2.05, 4.69) is 5.32 Å². The standard InChI is InChI=1S/C14H17N3O4/c1-2-20-13-10(5-3-6-11(13)16)14(19)21-9-12(18)17-8-4-7-15/h3,5-6H,2,4,8-9,16H2,1H3,(H,17,18). The maximum absolute atomic E-state index is 11.9. The van der Waals surface area contributed by atoms with E-state index in [1.165, 1.54) is 6.07 Å². The Hall–Kier alpha value is -2.75. The molecule has 0 radical (unpaired) electrons. The zero-order valence-electron chi connectivity index (χ0n) is 11.7. The summed E-state index contributed by atoms with van der Waals surface area (Å²) < 4.78 is 10.2. The lowest BCUT2D eigenvalue weighted by Crippen LogP contribution is -2.29. The molecule has 1 amide bonds. The van der Waals surface area contributed by atoms with Crippen LogP contribution in [-0.4, -0.2) is 31.6 Å². The Labute approximate surface area is 122 Å². The Morgan fingerprint density at radius 2 is 2.19 bits per heavy atom. The van der Waals surface area contributed by atoms with Crippen LogP contribution >= 0.6 is 0 Å². The number of benzene rings is 1. The topological polar surface area (TPSA) is 114 Å². The molecule has 21 heavy (non-hydrogen) atoms. The molecule has 0 aromatic heterocycles. The highest BCUT2D eigenvalue weighted by Crippen LogP contribution is 2.26. The number of nitrogen functional groups attached to an aromatic ring is 1. The fourth-order valence-electron chi connectivity index (χ4n) is 1.54. The average Bonchev–Trinajstić information content (AvgIpc) is 2.47. The summed E-state index contributed by atoms with van der Waals surface area (Å²) in [5.41, 5.74) is 6.23. The molecule has 1 aromatic rings. The lowest BCUT2D eigenvalue weighted by molar-refractivity contribution is -0.124. The van der Waals surface area contributed by atoms with E-state index in [1.54, 1.807) is 19.1 Å². The SMILES string of the molecule is CCOc1c(N)cccc1C(=O)OCC(=O)NCCC#N. The number of carbonyl (C=O) groups excluding carboxylic acids is 2. The molecule has 7 heteroatoms. The lowest BCUT2D eigenvalue weighted by Gasteiger charge is -2.12. The van der Waals surface area contributed by atoms with Crippen LogP contribution in [0.5, 0.6) is 5.75 Å². The van der Waals surface area contributed by atoms with Gasteiger partial charge in [-0.1, -0.05) is 6.07 Å². The van der Waals surface area contributed by atoms with Crippen molar-refractivity contribution in [3.63, 3.8) is 0 Å². The second kappa shape index (κ2) is 8.43. The van der Waals surface area contributed by atoms with Gasteiger partial charge in [0.15, 0.2) is 12.4 Å². The zero-order valence-corrected chi connectivity index (χ0v) is 11.7. The molecule has 3 N–H and O–H groups in total. The number of esters is 1. The number of nitriles is 1. The van der Waals surface area contributed by atoms with Crippen molar-refractivity contribution in [3.05, 3.63) is 23.8 Å². The van der Waals surface area contributed by atoms with Crippen molar-refractivity contribution >= 4 is 17.6 Å². The molecule has 0 aliphatic carbocycles. The van der Waals surface area contributed by atoms with Crippen molar-refractivity contribution in [3.8, 4) is 11.8 Å². The van der Waals surface area contributed by atoms with Crippen molar-refractivity contribution in [2.24, 2.45) is 0 Å². The van der Waals surface area contributed by atoms with Crippen LogP contribution in [0.15, 0.2) is 18.2 Å². The predicted molar refractivity (Wildman–Crippen MR) is 75.5 cm³/mol. The third kappa shape index (κ3) is 5.03. The van der Waals surface area contributed by atoms with E-state index in [-0.39, 0.29) is 24.3 Å². The highest BCUT2D eigenvalue weighted by Gasteiger charge is 2.17. The number of nitrogens with zero attached hydrogens (tertiary/aromatic N) is 1. The average molecular weight is 291 g/mol. The number of rotatable bonds is 7. The molecule has 0 saturated carbocycles. The minimum atomic E-state index is -0.693. The van der Waals surface area contributed by atoms with E-state index in [1.807, 2.05) is 6.07 Å². The highest BCUT2D eigenvalue weighted by atomic mass is 16.5. The molecule has 0 spiro atoms. The van der Waals surface area contributed by atoms with Gasteiger partial charge in [-0.05, 0) is 19.1 Å². The number of carbonyl (C=O) groups is 2. The van der Waals surface area contributed by atoms with Gasteiger partial charge in [-0.25, -0.2) is 4.79 Å². The van der Waals surface area contributed by atoms with E-state index < -0.39 is 18.5 Å². The fourth-order valence-corrected chi connectivity index (χ4v) is 1.54. The van der Waals surface area contributed by atoms with Crippen molar-refractivity contribution in [2.75, 3.05) is 25.5 Å². The molecule has 0 heterocycles. The summed E-state index contributed by atoms with van der Waals surface area (Å²) in [6, 6.07) is 6.61. The molecule has 0 atom stereocenters. The number of nitrogens with one attached hydrogen (secondary N) is 1. The van der Waals surface area contributed by atoms with Crippen molar-refractivity contribution in [2.45, 2.75) is 13.3 Å². The lowest BCUT2D eigenvalue weighted by atomic mass is 10.2. The second-order valence-corrected chi connectivity index (χ2v) is 3.99. The van der Waals surface area contributed by atoms with E-state index in [0.717, 1.165) is 0 Å². The molecular weight excluding hydrogens is 274 g/mol. The van der Waals surface area contributed by atoms with Crippen LogP contribution in [0.3, 0.4) is 0 Å². The predicted octanol–water partition coefficient (Wildman–Crippen LogP) is 0.854. The summed E-state index contributed by atoms with van der Waals surface area (Å²) in [7, 11) is 0. The van der Waals surface area contributed by atoms with E-state index in [0.29, 0.717) is 12.3 Å². The number of para-hydroxylation sites is 1. The third-order valence-electron chi connectivity index (χ3n) is 2.45. The largest absolute Gasteiger partial charge is 0.491 e. The molecule has 0 bridgehead atoms. The van der Waals surface area contributed by atoms with E-state index in [9.17, 15) is 9.59 Å². The van der Waals surface area contributed by atoms with Gasteiger partial charge in [-0.3, -0.25) is 4.79 Å². The summed E-state index contributed by atoms with van der Waals surface area (Å²) in [5, 5.41) is 10.8. The van der Waals surface area contributed by atoms with Gasteiger partial charge < -0.3 is 20.5 Å². The van der Waals surface area contributed by atoms with Gasteiger partial charge >= 0.3 is 5.97 Å². The number of amides is 1. The van der Waals surface area contributed by atoms with Gasteiger partial charge in [0.05, 0.1) is 24.8 Å². The fraction of sp³-hybridized carbons (Fsp3) is 0.357. The van der Waals surface area contributed by atoms with Crippen LogP contribution in [0, 0.1) is 11.3 Å². The van der Waals surface area contributed by atoms with E-state index in [4.69, 9.17) is 20.5 Å². The molecule has 0 unspecified atom stereocenters. The highest BCUT2D eigenvalue weighted by molar-refractivity contribution is 5.95. The van der Waals surface area contributed by atoms with Crippen LogP contribution in [0.2, 0.25) is 0 Å². The van der Waals surface area contributed by atoms with Gasteiger partial charge in [0.2, 0.25) is 0 Å². The van der Waals surface area contributed by atoms with Gasteiger partial charge in [0.25, 0.3) is 5.91 Å². The Kier molecular flexibility index (Phi) is 6.54. The number of hydrogen-bond acceptors (Lipinski definition) is 6. The first-order valence-electron chi connectivity index (χ1n) is 6.42. The maximum atomic E-state index is 11.9. The van der Waals surface area contributed by atoms with Crippen LogP contribution < -0.4 is 15.8 Å². The normalized spacial score (nSPS) is 9.52. The molecular formula is C14H17N3O4. The molecule has 0 aliphatic heterocycles. The monoisotopic (exact) mass is 291 g/mol. The Bertz CT molecular complexity index is 552. The maximum Gasteiger partial charge on any atom is 0.342 e. The molecule has 7 nitrogen and oxygen atoms in total. The molecule has 112 valence electrons. The number of hydrogen-bond donors (Lipinski definition) is 2. The Balaban J connectivity index is 2.62. The third-order valence-corrected chi connectivity index (χ3v) is 2.45. The van der Waals surface area contributed by atoms with Crippen molar-refractivity contribution < 1.29 is 19.1 Å². The summed E-state index contributed by atoms with van der Waals surface area (Å²) in [6.07, 6.45) is 0.198. The molecule has 0 aliphatic rings. The first kappa shape index (κ1) is 16.3. The van der Waals surface area contributed by atoms with Crippen LogP contribution in [-0.2, 0) is 9.53 Å². The quantitative estimate of drug-likeness (QED) is 0.437. The van der Waals surface area contributed by atoms with Crippen molar-refractivity contribution in [1.29, 1.82) is 5.26 Å². The first-order chi connectivity index (χ1) is 10.1. The summed E-state index contributed by atoms with van der Waals surface area (Å²) >= 11 is 0. The number of nitrogens with two attached hydrogens (primary N) is 1. The smallest absolute Gasteiger partial charge is 0.342 e. The zero-order chi connectivity index (χ0) is 15.7. The molecule has 0 saturated heterocycles. The Morgan fingerprint density at radius 1 is 1.43 bits per heavy atom. The minimum Gasteiger partial charge on any atom is -0.491 e. The second-order valence-electron chi connectivity index (χ2n) is 3.99. The number of anilines is 1. The molecule has 0 fully saturated rings. The van der Waals surface area contributed by atoms with Crippen LogP contribution in [0.25, 0.3) is 0 Å². The molecule has 1 aromatic carbocycles.